The lowest BCUT2D eigenvalue weighted by Gasteiger charge is -2.42. The van der Waals surface area contributed by atoms with Gasteiger partial charge in [-0.1, -0.05) is 64.1 Å². The van der Waals surface area contributed by atoms with Crippen LogP contribution in [-0.4, -0.2) is 11.6 Å². The van der Waals surface area contributed by atoms with Crippen LogP contribution in [0.25, 0.3) is 0 Å². The summed E-state index contributed by atoms with van der Waals surface area (Å²) in [7, 11) is 0. The van der Waals surface area contributed by atoms with Crippen LogP contribution in [0, 0.1) is 10.8 Å². The fraction of sp³-hybridized carbons (Fsp3) is 0.455. The first-order chi connectivity index (χ1) is 17.6. The minimum Gasteiger partial charge on any atom is -0.489 e. The summed E-state index contributed by atoms with van der Waals surface area (Å²) in [6, 6.07) is 16.5. The maximum absolute atomic E-state index is 13.5. The van der Waals surface area contributed by atoms with Crippen molar-refractivity contribution in [1.29, 1.82) is 0 Å². The number of hydrogen-bond acceptors (Lipinski definition) is 4. The Bertz CT molecular complexity index is 1280. The van der Waals surface area contributed by atoms with Gasteiger partial charge in [0.25, 0.3) is 0 Å². The lowest BCUT2D eigenvalue weighted by atomic mass is 9.65. The van der Waals surface area contributed by atoms with E-state index in [2.05, 4.69) is 52.0 Å². The summed E-state index contributed by atoms with van der Waals surface area (Å²) in [6.45, 7) is 8.98. The van der Waals surface area contributed by atoms with Gasteiger partial charge in [-0.3, -0.25) is 9.59 Å². The molecule has 4 aliphatic rings. The number of rotatable bonds is 5. The molecule has 0 amide bonds. The van der Waals surface area contributed by atoms with E-state index in [0.29, 0.717) is 49.4 Å². The minimum atomic E-state index is -0.365. The predicted octanol–water partition coefficient (Wildman–Crippen LogP) is 7.54. The molecule has 0 N–H and O–H groups in total. The molecule has 0 unspecified atom stereocenters. The Labute approximate surface area is 219 Å². The molecule has 0 atom stereocenters. The maximum Gasteiger partial charge on any atom is 0.163 e. The molecule has 0 radical (unpaired) electrons. The molecule has 0 aromatic heterocycles. The number of carbonyl (C=O) groups excluding carboxylic acids is 2. The normalized spacial score (nSPS) is 22.9. The summed E-state index contributed by atoms with van der Waals surface area (Å²) in [6.07, 6.45) is 4.87. The molecule has 0 spiro atoms. The van der Waals surface area contributed by atoms with Crippen molar-refractivity contribution in [2.75, 3.05) is 0 Å². The number of allylic oxidation sites excluding steroid dienone is 4. The highest BCUT2D eigenvalue weighted by Gasteiger charge is 2.47. The van der Waals surface area contributed by atoms with Crippen molar-refractivity contribution in [3.63, 3.8) is 0 Å². The van der Waals surface area contributed by atoms with Crippen LogP contribution in [0.1, 0.15) is 94.7 Å². The molecular weight excluding hydrogens is 460 g/mol. The Morgan fingerprint density at radius 3 is 1.92 bits per heavy atom. The number of ketones is 2. The average Bonchev–Trinajstić information content (AvgIpc) is 3.66. The summed E-state index contributed by atoms with van der Waals surface area (Å²) in [5.74, 6) is 2.80. The average molecular weight is 497 g/mol. The summed E-state index contributed by atoms with van der Waals surface area (Å²) < 4.78 is 12.6. The van der Waals surface area contributed by atoms with Crippen LogP contribution < -0.4 is 4.74 Å². The highest BCUT2D eigenvalue weighted by Crippen LogP contribution is 2.53. The molecule has 4 nitrogen and oxygen atoms in total. The molecule has 0 bridgehead atoms. The standard InChI is InChI=1S/C33H36O4/c1-32(2)15-25(34)30-27(17-32)37-28-18-33(3,4)16-26(35)31(28)29(30)21-11-13-23(14-12-21)36-19-22-7-5-6-8-24(22)20-9-10-20/h5-8,11-14,20,29H,9-10,15-19H2,1-4H3. The molecule has 0 saturated heterocycles. The van der Waals surface area contributed by atoms with Crippen molar-refractivity contribution in [1.82, 2.24) is 0 Å². The van der Waals surface area contributed by atoms with Crippen LogP contribution in [0.15, 0.2) is 71.2 Å². The van der Waals surface area contributed by atoms with Gasteiger partial charge in [-0.15, -0.1) is 0 Å². The highest BCUT2D eigenvalue weighted by atomic mass is 16.5. The lowest BCUT2D eigenvalue weighted by Crippen LogP contribution is -2.37. The summed E-state index contributed by atoms with van der Waals surface area (Å²) in [4.78, 5) is 26.9. The van der Waals surface area contributed by atoms with Gasteiger partial charge >= 0.3 is 0 Å². The van der Waals surface area contributed by atoms with Gasteiger partial charge in [-0.2, -0.15) is 0 Å². The van der Waals surface area contributed by atoms with Crippen molar-refractivity contribution >= 4 is 11.6 Å². The van der Waals surface area contributed by atoms with Crippen molar-refractivity contribution in [2.45, 2.75) is 84.7 Å². The number of benzene rings is 2. The molecule has 4 heteroatoms. The van der Waals surface area contributed by atoms with E-state index in [9.17, 15) is 9.59 Å². The van der Waals surface area contributed by atoms with Crippen LogP contribution in [0.5, 0.6) is 5.75 Å². The third-order valence-electron chi connectivity index (χ3n) is 8.26. The van der Waals surface area contributed by atoms with Crippen LogP contribution in [-0.2, 0) is 20.9 Å². The lowest BCUT2D eigenvalue weighted by molar-refractivity contribution is -0.120. The van der Waals surface area contributed by atoms with Crippen molar-refractivity contribution in [2.24, 2.45) is 10.8 Å². The van der Waals surface area contributed by atoms with Gasteiger partial charge in [0.05, 0.1) is 0 Å². The van der Waals surface area contributed by atoms with E-state index in [0.717, 1.165) is 22.8 Å². The molecule has 6 rings (SSSR count). The van der Waals surface area contributed by atoms with Gasteiger partial charge in [0, 0.05) is 42.7 Å². The number of ether oxygens (including phenoxy) is 2. The molecule has 2 aromatic rings. The fourth-order valence-electron chi connectivity index (χ4n) is 6.38. The second-order valence-electron chi connectivity index (χ2n) is 12.9. The summed E-state index contributed by atoms with van der Waals surface area (Å²) >= 11 is 0. The van der Waals surface area contributed by atoms with Gasteiger partial charge in [0.15, 0.2) is 11.6 Å². The Morgan fingerprint density at radius 1 is 0.784 bits per heavy atom. The first kappa shape index (κ1) is 24.2. The number of Topliss-reactive ketones (excluding diaryl/α,β-unsaturated/α-hetero) is 2. The molecule has 1 saturated carbocycles. The third kappa shape index (κ3) is 4.67. The van der Waals surface area contributed by atoms with Crippen molar-refractivity contribution in [3.8, 4) is 5.75 Å². The molecule has 1 fully saturated rings. The Hall–Kier alpha value is -3.14. The Morgan fingerprint density at radius 2 is 1.35 bits per heavy atom. The SMILES string of the molecule is CC1(C)CC(=O)C2=C(C1)OC1=C(C(=O)CC(C)(C)C1)C2c1ccc(OCc2ccccc2C2CC2)cc1. The Kier molecular flexibility index (Phi) is 5.70. The fourth-order valence-corrected chi connectivity index (χ4v) is 6.38. The van der Waals surface area contributed by atoms with E-state index >= 15 is 0 Å². The molecular formula is C33H36O4. The first-order valence-corrected chi connectivity index (χ1v) is 13.6. The van der Waals surface area contributed by atoms with Crippen LogP contribution >= 0.6 is 0 Å². The molecule has 192 valence electrons. The topological polar surface area (TPSA) is 52.6 Å². The van der Waals surface area contributed by atoms with E-state index in [-0.39, 0.29) is 28.3 Å². The highest BCUT2D eigenvalue weighted by molar-refractivity contribution is 6.06. The quantitative estimate of drug-likeness (QED) is 0.429. The van der Waals surface area contributed by atoms with Crippen LogP contribution in [0.3, 0.4) is 0 Å². The minimum absolute atomic E-state index is 0.0949. The van der Waals surface area contributed by atoms with Crippen molar-refractivity contribution in [3.05, 3.63) is 87.9 Å². The van der Waals surface area contributed by atoms with Crippen LogP contribution in [0.2, 0.25) is 0 Å². The van der Waals surface area contributed by atoms with Gasteiger partial charge in [-0.25, -0.2) is 0 Å². The number of carbonyl (C=O) groups is 2. The summed E-state index contributed by atoms with van der Waals surface area (Å²) in [5.41, 5.74) is 4.65. The van der Waals surface area contributed by atoms with Crippen molar-refractivity contribution < 1.29 is 19.1 Å². The van der Waals surface area contributed by atoms with Gasteiger partial charge < -0.3 is 9.47 Å². The third-order valence-corrected chi connectivity index (χ3v) is 8.26. The molecule has 1 aliphatic heterocycles. The monoisotopic (exact) mass is 496 g/mol. The van der Waals surface area contributed by atoms with Crippen LogP contribution in [0.4, 0.5) is 0 Å². The Balaban J connectivity index is 1.32. The predicted molar refractivity (Wildman–Crippen MR) is 143 cm³/mol. The van der Waals surface area contributed by atoms with E-state index in [1.165, 1.54) is 24.0 Å². The summed E-state index contributed by atoms with van der Waals surface area (Å²) in [5, 5.41) is 0. The van der Waals surface area contributed by atoms with E-state index < -0.39 is 0 Å². The molecule has 1 heterocycles. The zero-order valence-electron chi connectivity index (χ0n) is 22.4. The van der Waals surface area contributed by atoms with Gasteiger partial charge in [-0.05, 0) is 58.4 Å². The number of hydrogen-bond donors (Lipinski definition) is 0. The zero-order chi connectivity index (χ0) is 25.9. The van der Waals surface area contributed by atoms with Gasteiger partial charge in [0.1, 0.15) is 23.9 Å². The molecule has 37 heavy (non-hydrogen) atoms. The second kappa shape index (κ2) is 8.72. The van der Waals surface area contributed by atoms with E-state index in [1.807, 2.05) is 24.3 Å². The largest absolute Gasteiger partial charge is 0.489 e. The first-order valence-electron chi connectivity index (χ1n) is 13.6. The zero-order valence-corrected chi connectivity index (χ0v) is 22.4. The smallest absolute Gasteiger partial charge is 0.163 e. The van der Waals surface area contributed by atoms with E-state index in [1.54, 1.807) is 0 Å². The maximum atomic E-state index is 13.5. The molecule has 2 aromatic carbocycles. The second-order valence-corrected chi connectivity index (χ2v) is 12.9. The van der Waals surface area contributed by atoms with Gasteiger partial charge in [0.2, 0.25) is 0 Å². The van der Waals surface area contributed by atoms with E-state index in [4.69, 9.17) is 9.47 Å². The molecule has 3 aliphatic carbocycles.